The third-order valence-corrected chi connectivity index (χ3v) is 3.94. The lowest BCUT2D eigenvalue weighted by atomic mass is 9.95. The highest BCUT2D eigenvalue weighted by Crippen LogP contribution is 2.24. The summed E-state index contributed by atoms with van der Waals surface area (Å²) >= 11 is 0. The Morgan fingerprint density at radius 1 is 1.04 bits per heavy atom. The molecule has 0 radical (unpaired) electrons. The molecule has 0 bridgehead atoms. The first-order chi connectivity index (χ1) is 11.0. The number of methoxy groups -OCH3 is 1. The highest BCUT2D eigenvalue weighted by molar-refractivity contribution is 5.79. The van der Waals surface area contributed by atoms with Crippen LogP contribution in [0.4, 0.5) is 0 Å². The van der Waals surface area contributed by atoms with Crippen molar-refractivity contribution in [2.24, 2.45) is 5.92 Å². The topological polar surface area (TPSA) is 38.3 Å². The van der Waals surface area contributed by atoms with E-state index in [1.54, 1.807) is 7.11 Å². The van der Waals surface area contributed by atoms with E-state index in [1.807, 2.05) is 55.5 Å². The van der Waals surface area contributed by atoms with Gasteiger partial charge in [0.1, 0.15) is 5.75 Å². The van der Waals surface area contributed by atoms with Crippen molar-refractivity contribution in [2.45, 2.75) is 33.2 Å². The van der Waals surface area contributed by atoms with Crippen LogP contribution in [0.1, 0.15) is 36.6 Å². The Labute approximate surface area is 138 Å². The quantitative estimate of drug-likeness (QED) is 0.873. The van der Waals surface area contributed by atoms with E-state index in [0.717, 1.165) is 16.9 Å². The number of aryl methyl sites for hydroxylation is 1. The minimum atomic E-state index is -0.00106. The van der Waals surface area contributed by atoms with Crippen LogP contribution in [0.25, 0.3) is 0 Å². The lowest BCUT2D eigenvalue weighted by molar-refractivity contribution is -0.121. The number of amides is 1. The van der Waals surface area contributed by atoms with Gasteiger partial charge in [0.05, 0.1) is 19.6 Å². The van der Waals surface area contributed by atoms with Gasteiger partial charge < -0.3 is 10.1 Å². The summed E-state index contributed by atoms with van der Waals surface area (Å²) in [6.07, 6.45) is 0.402. The minimum Gasteiger partial charge on any atom is -0.497 e. The second-order valence-corrected chi connectivity index (χ2v) is 6.22. The molecule has 1 atom stereocenters. The van der Waals surface area contributed by atoms with E-state index in [9.17, 15) is 4.79 Å². The molecule has 2 aromatic carbocycles. The van der Waals surface area contributed by atoms with Gasteiger partial charge in [-0.3, -0.25) is 4.79 Å². The molecule has 2 rings (SSSR count). The molecule has 0 aliphatic carbocycles. The maximum atomic E-state index is 12.4. The molecule has 2 aromatic rings. The molecule has 0 heterocycles. The second-order valence-electron chi connectivity index (χ2n) is 6.22. The number of hydrogen-bond donors (Lipinski definition) is 1. The van der Waals surface area contributed by atoms with E-state index in [2.05, 4.69) is 19.2 Å². The smallest absolute Gasteiger partial charge is 0.224 e. The molecule has 0 aliphatic heterocycles. The van der Waals surface area contributed by atoms with Gasteiger partial charge in [-0.2, -0.15) is 0 Å². The molecule has 1 N–H and O–H groups in total. The maximum Gasteiger partial charge on any atom is 0.224 e. The first kappa shape index (κ1) is 17.1. The molecule has 3 heteroatoms. The van der Waals surface area contributed by atoms with E-state index in [4.69, 9.17) is 4.74 Å². The molecule has 0 aliphatic rings. The lowest BCUT2D eigenvalue weighted by Crippen LogP contribution is -2.32. The SMILES string of the molecule is COc1ccc(C(NC(=O)Cc2ccc(C)cc2)C(C)C)cc1. The molecule has 0 saturated carbocycles. The van der Waals surface area contributed by atoms with Crippen LogP contribution in [0, 0.1) is 12.8 Å². The summed E-state index contributed by atoms with van der Waals surface area (Å²) in [5.41, 5.74) is 3.33. The van der Waals surface area contributed by atoms with Crippen LogP contribution in [0.3, 0.4) is 0 Å². The Bertz CT molecular complexity index is 630. The minimum absolute atomic E-state index is 0.00106. The normalized spacial score (nSPS) is 12.0. The fourth-order valence-electron chi connectivity index (χ4n) is 2.56. The van der Waals surface area contributed by atoms with Gasteiger partial charge in [0, 0.05) is 0 Å². The Morgan fingerprint density at radius 3 is 2.17 bits per heavy atom. The Kier molecular flexibility index (Phi) is 5.80. The van der Waals surface area contributed by atoms with Crippen LogP contribution < -0.4 is 10.1 Å². The van der Waals surface area contributed by atoms with Gasteiger partial charge >= 0.3 is 0 Å². The van der Waals surface area contributed by atoms with Crippen LogP contribution in [0.5, 0.6) is 5.75 Å². The predicted molar refractivity (Wildman–Crippen MR) is 93.6 cm³/mol. The number of hydrogen-bond acceptors (Lipinski definition) is 2. The molecule has 1 unspecified atom stereocenters. The Hall–Kier alpha value is -2.29. The Balaban J connectivity index is 2.06. The first-order valence-corrected chi connectivity index (χ1v) is 7.98. The summed E-state index contributed by atoms with van der Waals surface area (Å²) < 4.78 is 5.19. The fraction of sp³-hybridized carbons (Fsp3) is 0.350. The van der Waals surface area contributed by atoms with Crippen LogP contribution in [-0.2, 0) is 11.2 Å². The van der Waals surface area contributed by atoms with Crippen molar-refractivity contribution >= 4 is 5.91 Å². The number of nitrogens with one attached hydrogen (secondary N) is 1. The van der Waals surface area contributed by atoms with Crippen molar-refractivity contribution in [1.29, 1.82) is 0 Å². The van der Waals surface area contributed by atoms with E-state index in [1.165, 1.54) is 5.56 Å². The fourth-order valence-corrected chi connectivity index (χ4v) is 2.56. The van der Waals surface area contributed by atoms with E-state index in [0.29, 0.717) is 12.3 Å². The summed E-state index contributed by atoms with van der Waals surface area (Å²) in [5.74, 6) is 1.18. The molecule has 0 fully saturated rings. The van der Waals surface area contributed by atoms with Crippen molar-refractivity contribution in [3.63, 3.8) is 0 Å². The zero-order chi connectivity index (χ0) is 16.8. The van der Waals surface area contributed by atoms with Gasteiger partial charge in [-0.1, -0.05) is 55.8 Å². The number of ether oxygens (including phenoxy) is 1. The van der Waals surface area contributed by atoms with Gasteiger partial charge in [0.15, 0.2) is 0 Å². The summed E-state index contributed by atoms with van der Waals surface area (Å²) in [4.78, 5) is 12.4. The van der Waals surface area contributed by atoms with Gasteiger partial charge in [0.2, 0.25) is 5.91 Å². The molecule has 0 aromatic heterocycles. The third kappa shape index (κ3) is 4.85. The molecule has 0 spiro atoms. The molecule has 23 heavy (non-hydrogen) atoms. The molecule has 1 amide bonds. The van der Waals surface area contributed by atoms with Crippen molar-refractivity contribution in [3.8, 4) is 5.75 Å². The molecular weight excluding hydrogens is 286 g/mol. The molecular formula is C20H25NO2. The van der Waals surface area contributed by atoms with Gasteiger partial charge in [0.25, 0.3) is 0 Å². The van der Waals surface area contributed by atoms with Crippen LogP contribution in [0.2, 0.25) is 0 Å². The monoisotopic (exact) mass is 311 g/mol. The zero-order valence-corrected chi connectivity index (χ0v) is 14.3. The zero-order valence-electron chi connectivity index (χ0n) is 14.3. The van der Waals surface area contributed by atoms with Gasteiger partial charge in [-0.15, -0.1) is 0 Å². The highest BCUT2D eigenvalue weighted by atomic mass is 16.5. The molecule has 122 valence electrons. The summed E-state index contributed by atoms with van der Waals surface area (Å²) in [6.45, 7) is 6.27. The number of carbonyl (C=O) groups is 1. The average Bonchev–Trinajstić information content (AvgIpc) is 2.55. The summed E-state index contributed by atoms with van der Waals surface area (Å²) in [6, 6.07) is 16.0. The molecule has 0 saturated heterocycles. The highest BCUT2D eigenvalue weighted by Gasteiger charge is 2.18. The van der Waals surface area contributed by atoms with E-state index >= 15 is 0 Å². The lowest BCUT2D eigenvalue weighted by Gasteiger charge is -2.23. The van der Waals surface area contributed by atoms with Crippen LogP contribution in [0.15, 0.2) is 48.5 Å². The van der Waals surface area contributed by atoms with Crippen molar-refractivity contribution in [2.75, 3.05) is 7.11 Å². The standard InChI is InChI=1S/C20H25NO2/c1-14(2)20(17-9-11-18(23-4)12-10-17)21-19(22)13-16-7-5-15(3)6-8-16/h5-12,14,20H,13H2,1-4H3,(H,21,22). The van der Waals surface area contributed by atoms with Crippen molar-refractivity contribution in [1.82, 2.24) is 5.32 Å². The number of carbonyl (C=O) groups excluding carboxylic acids is 1. The first-order valence-electron chi connectivity index (χ1n) is 7.98. The third-order valence-electron chi connectivity index (χ3n) is 3.94. The van der Waals surface area contributed by atoms with Crippen molar-refractivity contribution < 1.29 is 9.53 Å². The summed E-state index contributed by atoms with van der Waals surface area (Å²) in [5, 5.41) is 3.15. The molecule has 3 nitrogen and oxygen atoms in total. The summed E-state index contributed by atoms with van der Waals surface area (Å²) in [7, 11) is 1.65. The average molecular weight is 311 g/mol. The number of benzene rings is 2. The van der Waals surface area contributed by atoms with E-state index in [-0.39, 0.29) is 11.9 Å². The van der Waals surface area contributed by atoms with Crippen LogP contribution in [-0.4, -0.2) is 13.0 Å². The van der Waals surface area contributed by atoms with Crippen molar-refractivity contribution in [3.05, 3.63) is 65.2 Å². The largest absolute Gasteiger partial charge is 0.497 e. The second kappa shape index (κ2) is 7.82. The van der Waals surface area contributed by atoms with Gasteiger partial charge in [-0.05, 0) is 36.1 Å². The maximum absolute atomic E-state index is 12.4. The van der Waals surface area contributed by atoms with Gasteiger partial charge in [-0.25, -0.2) is 0 Å². The number of rotatable bonds is 6. The Morgan fingerprint density at radius 2 is 1.65 bits per heavy atom. The van der Waals surface area contributed by atoms with Crippen LogP contribution >= 0.6 is 0 Å². The van der Waals surface area contributed by atoms with E-state index < -0.39 is 0 Å². The predicted octanol–water partition coefficient (Wildman–Crippen LogP) is 4.06.